The van der Waals surface area contributed by atoms with Crippen LogP contribution in [0.4, 0.5) is 5.69 Å². The number of H-pyrrole nitrogens is 1. The second kappa shape index (κ2) is 6.63. The van der Waals surface area contributed by atoms with Crippen molar-refractivity contribution in [2.45, 2.75) is 25.2 Å². The van der Waals surface area contributed by atoms with Crippen molar-refractivity contribution < 1.29 is 14.3 Å². The molecule has 6 heteroatoms. The van der Waals surface area contributed by atoms with Gasteiger partial charge in [0.15, 0.2) is 5.69 Å². The first-order valence-electron chi connectivity index (χ1n) is 8.60. The summed E-state index contributed by atoms with van der Waals surface area (Å²) in [6, 6.07) is 13.6. The third kappa shape index (κ3) is 2.94. The number of anilines is 1. The summed E-state index contributed by atoms with van der Waals surface area (Å²) < 4.78 is 4.74. The molecule has 0 saturated carbocycles. The zero-order valence-electron chi connectivity index (χ0n) is 14.4. The molecular weight excluding hydrogens is 330 g/mol. The van der Waals surface area contributed by atoms with Gasteiger partial charge in [0.05, 0.1) is 12.6 Å². The van der Waals surface area contributed by atoms with Gasteiger partial charge in [-0.15, -0.1) is 0 Å². The Kier molecular flexibility index (Phi) is 4.16. The lowest BCUT2D eigenvalue weighted by Crippen LogP contribution is -2.14. The summed E-state index contributed by atoms with van der Waals surface area (Å²) in [6.07, 6.45) is 2.47. The minimum atomic E-state index is -0.512. The van der Waals surface area contributed by atoms with Crippen molar-refractivity contribution >= 4 is 28.5 Å². The van der Waals surface area contributed by atoms with Gasteiger partial charge in [-0.3, -0.25) is 9.89 Å². The Morgan fingerprint density at radius 2 is 2.12 bits per heavy atom. The smallest absolute Gasteiger partial charge is 0.359 e. The minimum Gasteiger partial charge on any atom is -0.464 e. The lowest BCUT2D eigenvalue weighted by atomic mass is 9.97. The Bertz CT molecular complexity index is 993. The van der Waals surface area contributed by atoms with E-state index < -0.39 is 5.97 Å². The van der Waals surface area contributed by atoms with E-state index in [0.29, 0.717) is 23.0 Å². The summed E-state index contributed by atoms with van der Waals surface area (Å²) in [6.45, 7) is 0. The van der Waals surface area contributed by atoms with Gasteiger partial charge in [-0.1, -0.05) is 24.3 Å². The molecule has 3 aromatic rings. The highest BCUT2D eigenvalue weighted by Crippen LogP contribution is 2.35. The van der Waals surface area contributed by atoms with Crippen molar-refractivity contribution in [1.82, 2.24) is 10.2 Å². The predicted molar refractivity (Wildman–Crippen MR) is 98.2 cm³/mol. The molecule has 6 nitrogen and oxygen atoms in total. The van der Waals surface area contributed by atoms with Crippen molar-refractivity contribution in [2.24, 2.45) is 0 Å². The number of carbonyl (C=O) groups is 2. The summed E-state index contributed by atoms with van der Waals surface area (Å²) in [7, 11) is 1.31. The van der Waals surface area contributed by atoms with E-state index in [1.807, 2.05) is 12.1 Å². The molecule has 1 aliphatic carbocycles. The Morgan fingerprint density at radius 3 is 2.96 bits per heavy atom. The number of esters is 1. The highest BCUT2D eigenvalue weighted by atomic mass is 16.5. The maximum Gasteiger partial charge on any atom is 0.359 e. The van der Waals surface area contributed by atoms with Crippen molar-refractivity contribution in [2.75, 3.05) is 12.4 Å². The average Bonchev–Trinajstić information content (AvgIpc) is 3.25. The first kappa shape index (κ1) is 16.3. The number of nitrogens with zero attached hydrogens (tertiary/aromatic N) is 1. The van der Waals surface area contributed by atoms with Crippen LogP contribution in [-0.2, 0) is 16.0 Å². The molecule has 0 saturated heterocycles. The second-order valence-electron chi connectivity index (χ2n) is 6.51. The fraction of sp³-hybridized carbons (Fsp3) is 0.250. The number of aryl methyl sites for hydroxylation is 1. The Hall–Kier alpha value is -3.15. The molecule has 4 rings (SSSR count). The number of hydrogen-bond acceptors (Lipinski definition) is 4. The monoisotopic (exact) mass is 349 g/mol. The number of aromatic nitrogens is 2. The molecule has 1 unspecified atom stereocenters. The first-order valence-corrected chi connectivity index (χ1v) is 8.60. The first-order chi connectivity index (χ1) is 12.7. The van der Waals surface area contributed by atoms with Crippen LogP contribution in [0.1, 0.15) is 40.4 Å². The largest absolute Gasteiger partial charge is 0.464 e. The fourth-order valence-electron chi connectivity index (χ4n) is 3.64. The Balaban J connectivity index is 1.50. The van der Waals surface area contributed by atoms with Crippen molar-refractivity contribution in [1.29, 1.82) is 0 Å². The molecule has 2 aromatic carbocycles. The van der Waals surface area contributed by atoms with Crippen molar-refractivity contribution in [3.05, 3.63) is 59.3 Å². The van der Waals surface area contributed by atoms with E-state index in [-0.39, 0.29) is 17.5 Å². The molecule has 0 radical (unpaired) electrons. The van der Waals surface area contributed by atoms with Gasteiger partial charge in [0.25, 0.3) is 0 Å². The van der Waals surface area contributed by atoms with Crippen LogP contribution >= 0.6 is 0 Å². The third-order valence-corrected chi connectivity index (χ3v) is 4.91. The van der Waals surface area contributed by atoms with Crippen LogP contribution in [0, 0.1) is 0 Å². The number of methoxy groups -OCH3 is 1. The number of rotatable bonds is 4. The molecule has 1 heterocycles. The zero-order valence-corrected chi connectivity index (χ0v) is 14.4. The number of carbonyl (C=O) groups excluding carboxylic acids is 2. The Labute approximate surface area is 150 Å². The van der Waals surface area contributed by atoms with Crippen molar-refractivity contribution in [3.8, 4) is 0 Å². The van der Waals surface area contributed by atoms with Gasteiger partial charge < -0.3 is 10.1 Å². The molecule has 0 bridgehead atoms. The van der Waals surface area contributed by atoms with Crippen LogP contribution in [0.5, 0.6) is 0 Å². The van der Waals surface area contributed by atoms with E-state index in [0.717, 1.165) is 12.8 Å². The van der Waals surface area contributed by atoms with Gasteiger partial charge in [-0.2, -0.15) is 5.10 Å². The van der Waals surface area contributed by atoms with E-state index in [9.17, 15) is 9.59 Å². The van der Waals surface area contributed by atoms with Crippen molar-refractivity contribution in [3.63, 3.8) is 0 Å². The van der Waals surface area contributed by atoms with Gasteiger partial charge in [-0.25, -0.2) is 4.79 Å². The fourth-order valence-corrected chi connectivity index (χ4v) is 3.64. The highest BCUT2D eigenvalue weighted by molar-refractivity contribution is 6.03. The molecule has 0 spiro atoms. The number of fused-ring (bicyclic) bond motifs is 2. The molecule has 2 N–H and O–H groups in total. The van der Waals surface area contributed by atoms with E-state index in [4.69, 9.17) is 4.74 Å². The molecular formula is C20H19N3O3. The summed E-state index contributed by atoms with van der Waals surface area (Å²) in [4.78, 5) is 24.3. The normalized spacial score (nSPS) is 15.7. The lowest BCUT2D eigenvalue weighted by molar-refractivity contribution is -0.116. The third-order valence-electron chi connectivity index (χ3n) is 4.91. The maximum atomic E-state index is 12.5. The van der Waals surface area contributed by atoms with E-state index in [1.165, 1.54) is 18.2 Å². The van der Waals surface area contributed by atoms with Gasteiger partial charge in [0.1, 0.15) is 0 Å². The minimum absolute atomic E-state index is 0.0332. The molecule has 1 amide bonds. The quantitative estimate of drug-likeness (QED) is 0.707. The number of benzene rings is 2. The summed E-state index contributed by atoms with van der Waals surface area (Å²) in [5.74, 6) is -0.286. The predicted octanol–water partition coefficient (Wildman–Crippen LogP) is 3.41. The summed E-state index contributed by atoms with van der Waals surface area (Å²) in [5.41, 5.74) is 4.19. The van der Waals surface area contributed by atoms with Gasteiger partial charge in [0.2, 0.25) is 5.91 Å². The number of hydrogen-bond donors (Lipinski definition) is 2. The molecule has 1 aliphatic rings. The molecule has 0 fully saturated rings. The maximum absolute atomic E-state index is 12.5. The number of amides is 1. The standard InChI is InChI=1S/C20H19N3O3/c1-26-20(25)19-16-11-14(8-9-17(16)22-23-19)21-18(24)10-13-7-6-12-4-2-3-5-15(12)13/h2-5,8-9,11,13H,6-7,10H2,1H3,(H,21,24)(H,22,23). The molecule has 0 aliphatic heterocycles. The second-order valence-corrected chi connectivity index (χ2v) is 6.51. The van der Waals surface area contributed by atoms with E-state index in [2.05, 4.69) is 27.6 Å². The topological polar surface area (TPSA) is 84.1 Å². The number of aromatic amines is 1. The van der Waals surface area contributed by atoms with Crippen LogP contribution in [0.15, 0.2) is 42.5 Å². The van der Waals surface area contributed by atoms with Gasteiger partial charge in [0, 0.05) is 17.5 Å². The highest BCUT2D eigenvalue weighted by Gasteiger charge is 2.24. The summed E-state index contributed by atoms with van der Waals surface area (Å²) in [5, 5.41) is 10.3. The molecule has 1 aromatic heterocycles. The number of ether oxygens (including phenoxy) is 1. The van der Waals surface area contributed by atoms with Gasteiger partial charge >= 0.3 is 5.97 Å². The van der Waals surface area contributed by atoms with Crippen LogP contribution in [0.3, 0.4) is 0 Å². The van der Waals surface area contributed by atoms with Crippen LogP contribution < -0.4 is 5.32 Å². The zero-order chi connectivity index (χ0) is 18.1. The van der Waals surface area contributed by atoms with Crippen LogP contribution in [0.25, 0.3) is 10.9 Å². The summed E-state index contributed by atoms with van der Waals surface area (Å²) >= 11 is 0. The lowest BCUT2D eigenvalue weighted by Gasteiger charge is -2.12. The van der Waals surface area contributed by atoms with Gasteiger partial charge in [-0.05, 0) is 48.1 Å². The molecule has 26 heavy (non-hydrogen) atoms. The van der Waals surface area contributed by atoms with Crippen LogP contribution in [-0.4, -0.2) is 29.2 Å². The average molecular weight is 349 g/mol. The molecule has 1 atom stereocenters. The number of nitrogens with one attached hydrogen (secondary N) is 2. The van der Waals surface area contributed by atoms with Crippen LogP contribution in [0.2, 0.25) is 0 Å². The SMILES string of the molecule is COC(=O)c1n[nH]c2ccc(NC(=O)CC3CCc4ccccc43)cc12. The van der Waals surface area contributed by atoms with E-state index >= 15 is 0 Å². The Morgan fingerprint density at radius 1 is 1.27 bits per heavy atom. The van der Waals surface area contributed by atoms with E-state index in [1.54, 1.807) is 18.2 Å². The molecule has 132 valence electrons.